The van der Waals surface area contributed by atoms with E-state index in [0.717, 1.165) is 23.4 Å². The van der Waals surface area contributed by atoms with Gasteiger partial charge in [-0.3, -0.25) is 9.36 Å². The predicted molar refractivity (Wildman–Crippen MR) is 105 cm³/mol. The van der Waals surface area contributed by atoms with Crippen LogP contribution in [-0.2, 0) is 6.42 Å². The van der Waals surface area contributed by atoms with Gasteiger partial charge in [0.2, 0.25) is 0 Å². The molecule has 1 N–H and O–H groups in total. The van der Waals surface area contributed by atoms with Crippen LogP contribution in [-0.4, -0.2) is 14.5 Å². The number of H-pyrrole nitrogens is 1. The van der Waals surface area contributed by atoms with Gasteiger partial charge in [-0.25, -0.2) is 4.98 Å². The highest BCUT2D eigenvalue weighted by atomic mass is 35.5. The monoisotopic (exact) mass is 363 g/mol. The van der Waals surface area contributed by atoms with Crippen molar-refractivity contribution in [2.24, 2.45) is 0 Å². The van der Waals surface area contributed by atoms with E-state index in [-0.39, 0.29) is 5.56 Å². The number of nitrogens with one attached hydrogen (secondary N) is 1. The van der Waals surface area contributed by atoms with Crippen molar-refractivity contribution in [2.45, 2.75) is 20.3 Å². The molecule has 0 spiro atoms. The zero-order chi connectivity index (χ0) is 18.3. The van der Waals surface area contributed by atoms with Gasteiger partial charge in [-0.2, -0.15) is 0 Å². The lowest BCUT2D eigenvalue weighted by atomic mass is 10.1. The number of benzene rings is 2. The smallest absolute Gasteiger partial charge is 0.267 e. The molecular weight excluding hydrogens is 346 g/mol. The van der Waals surface area contributed by atoms with Crippen LogP contribution in [0.1, 0.15) is 22.6 Å². The summed E-state index contributed by atoms with van der Waals surface area (Å²) in [4.78, 5) is 21.2. The van der Waals surface area contributed by atoms with E-state index in [0.29, 0.717) is 21.9 Å². The van der Waals surface area contributed by atoms with Crippen molar-refractivity contribution in [3.8, 4) is 5.69 Å². The summed E-state index contributed by atoms with van der Waals surface area (Å²) < 4.78 is 1.63. The Kier molecular flexibility index (Phi) is 4.13. The van der Waals surface area contributed by atoms with Crippen molar-refractivity contribution >= 4 is 22.6 Å². The third-order valence-corrected chi connectivity index (χ3v) is 4.91. The fourth-order valence-corrected chi connectivity index (χ4v) is 3.44. The second-order valence-corrected chi connectivity index (χ2v) is 6.83. The minimum Gasteiger partial charge on any atom is -0.342 e. The van der Waals surface area contributed by atoms with Crippen molar-refractivity contribution in [3.63, 3.8) is 0 Å². The van der Waals surface area contributed by atoms with E-state index in [1.54, 1.807) is 16.7 Å². The van der Waals surface area contributed by atoms with Crippen LogP contribution in [0.25, 0.3) is 16.7 Å². The number of nitrogens with zero attached hydrogens (tertiary/aromatic N) is 2. The molecule has 4 nitrogen and oxygen atoms in total. The standard InChI is InChI=1S/C21H18ClN3O/c1-13-18(12-15-6-4-3-5-7-15)24-20-19(13)21(26)25(14(2)23-20)17-10-8-16(22)9-11-17/h3-11,24H,12H2,1-2H3. The van der Waals surface area contributed by atoms with E-state index in [2.05, 4.69) is 22.1 Å². The first-order valence-electron chi connectivity index (χ1n) is 8.45. The highest BCUT2D eigenvalue weighted by Crippen LogP contribution is 2.22. The molecule has 0 unspecified atom stereocenters. The number of aryl methyl sites for hydroxylation is 2. The molecule has 4 aromatic rings. The van der Waals surface area contributed by atoms with Gasteiger partial charge >= 0.3 is 0 Å². The number of aromatic amines is 1. The molecule has 2 aromatic carbocycles. The Bertz CT molecular complexity index is 1140. The van der Waals surface area contributed by atoms with Crippen LogP contribution in [0.15, 0.2) is 59.4 Å². The first-order chi connectivity index (χ1) is 12.5. The van der Waals surface area contributed by atoms with Crippen molar-refractivity contribution in [1.82, 2.24) is 14.5 Å². The van der Waals surface area contributed by atoms with E-state index in [4.69, 9.17) is 11.6 Å². The molecule has 0 fully saturated rings. The quantitative estimate of drug-likeness (QED) is 0.579. The van der Waals surface area contributed by atoms with Crippen LogP contribution in [0.3, 0.4) is 0 Å². The van der Waals surface area contributed by atoms with Crippen molar-refractivity contribution in [2.75, 3.05) is 0 Å². The maximum atomic E-state index is 13.2. The van der Waals surface area contributed by atoms with Gasteiger partial charge in [-0.05, 0) is 49.2 Å². The van der Waals surface area contributed by atoms with Crippen molar-refractivity contribution in [1.29, 1.82) is 0 Å². The Morgan fingerprint density at radius 2 is 1.73 bits per heavy atom. The minimum atomic E-state index is -0.0668. The molecule has 0 aliphatic rings. The highest BCUT2D eigenvalue weighted by molar-refractivity contribution is 6.30. The molecule has 5 heteroatoms. The summed E-state index contributed by atoms with van der Waals surface area (Å²) in [7, 11) is 0. The summed E-state index contributed by atoms with van der Waals surface area (Å²) in [5.41, 5.74) is 4.49. The van der Waals surface area contributed by atoms with Gasteiger partial charge in [0.15, 0.2) is 0 Å². The number of rotatable bonds is 3. The van der Waals surface area contributed by atoms with Crippen LogP contribution in [0, 0.1) is 13.8 Å². The Balaban J connectivity index is 1.88. The van der Waals surface area contributed by atoms with Gasteiger partial charge in [0.1, 0.15) is 11.5 Å². The summed E-state index contributed by atoms with van der Waals surface area (Å²) in [6.45, 7) is 3.81. The molecule has 0 saturated carbocycles. The normalized spacial score (nSPS) is 11.2. The average Bonchev–Trinajstić information content (AvgIpc) is 2.93. The highest BCUT2D eigenvalue weighted by Gasteiger charge is 2.17. The molecule has 4 rings (SSSR count). The van der Waals surface area contributed by atoms with Crippen molar-refractivity contribution < 1.29 is 0 Å². The Morgan fingerprint density at radius 1 is 1.04 bits per heavy atom. The van der Waals surface area contributed by atoms with Gasteiger partial charge in [0.25, 0.3) is 5.56 Å². The molecule has 130 valence electrons. The molecule has 0 saturated heterocycles. The Labute approximate surface area is 156 Å². The molecule has 0 aliphatic carbocycles. The maximum Gasteiger partial charge on any atom is 0.267 e. The van der Waals surface area contributed by atoms with Crippen LogP contribution < -0.4 is 5.56 Å². The lowest BCUT2D eigenvalue weighted by molar-refractivity contribution is 0.891. The first-order valence-corrected chi connectivity index (χ1v) is 8.83. The minimum absolute atomic E-state index is 0.0668. The Hall–Kier alpha value is -2.85. The van der Waals surface area contributed by atoms with Crippen LogP contribution in [0.2, 0.25) is 5.02 Å². The molecule has 0 amide bonds. The van der Waals surface area contributed by atoms with E-state index in [9.17, 15) is 4.79 Å². The zero-order valence-corrected chi connectivity index (χ0v) is 15.3. The molecular formula is C21H18ClN3O. The summed E-state index contributed by atoms with van der Waals surface area (Å²) in [6, 6.07) is 17.4. The van der Waals surface area contributed by atoms with Gasteiger partial charge in [0, 0.05) is 17.1 Å². The summed E-state index contributed by atoms with van der Waals surface area (Å²) in [5, 5.41) is 1.27. The summed E-state index contributed by atoms with van der Waals surface area (Å²) in [6.07, 6.45) is 0.739. The SMILES string of the molecule is Cc1c(Cc2ccccc2)[nH]c2nc(C)n(-c3ccc(Cl)cc3)c(=O)c12. The van der Waals surface area contributed by atoms with Crippen LogP contribution in [0.4, 0.5) is 0 Å². The summed E-state index contributed by atoms with van der Waals surface area (Å²) in [5.74, 6) is 0.636. The fraction of sp³-hybridized carbons (Fsp3) is 0.143. The molecule has 0 bridgehead atoms. The van der Waals surface area contributed by atoms with E-state index in [1.165, 1.54) is 5.56 Å². The van der Waals surface area contributed by atoms with Crippen LogP contribution >= 0.6 is 11.6 Å². The Morgan fingerprint density at radius 3 is 2.42 bits per heavy atom. The average molecular weight is 364 g/mol. The van der Waals surface area contributed by atoms with Gasteiger partial charge < -0.3 is 4.98 Å². The predicted octanol–water partition coefficient (Wildman–Crippen LogP) is 4.57. The van der Waals surface area contributed by atoms with Gasteiger partial charge in [-0.1, -0.05) is 41.9 Å². The second kappa shape index (κ2) is 6.46. The third kappa shape index (κ3) is 2.82. The first kappa shape index (κ1) is 16.6. The zero-order valence-electron chi connectivity index (χ0n) is 14.6. The van der Waals surface area contributed by atoms with Crippen molar-refractivity contribution in [3.05, 3.63) is 92.6 Å². The van der Waals surface area contributed by atoms with E-state index >= 15 is 0 Å². The van der Waals surface area contributed by atoms with Gasteiger partial charge in [0.05, 0.1) is 11.1 Å². The summed E-state index contributed by atoms with van der Waals surface area (Å²) >= 11 is 5.97. The van der Waals surface area contributed by atoms with Crippen LogP contribution in [0.5, 0.6) is 0 Å². The molecule has 0 aliphatic heterocycles. The fourth-order valence-electron chi connectivity index (χ4n) is 3.31. The number of aromatic nitrogens is 3. The number of hydrogen-bond acceptors (Lipinski definition) is 2. The number of hydrogen-bond donors (Lipinski definition) is 1. The second-order valence-electron chi connectivity index (χ2n) is 6.39. The third-order valence-electron chi connectivity index (χ3n) is 4.66. The maximum absolute atomic E-state index is 13.2. The molecule has 26 heavy (non-hydrogen) atoms. The largest absolute Gasteiger partial charge is 0.342 e. The number of halogens is 1. The topological polar surface area (TPSA) is 50.7 Å². The number of fused-ring (bicyclic) bond motifs is 1. The lowest BCUT2D eigenvalue weighted by Gasteiger charge is -2.09. The molecule has 2 heterocycles. The van der Waals surface area contributed by atoms with Gasteiger partial charge in [-0.15, -0.1) is 0 Å². The van der Waals surface area contributed by atoms with E-state index < -0.39 is 0 Å². The molecule has 0 atom stereocenters. The molecule has 2 aromatic heterocycles. The molecule has 0 radical (unpaired) electrons. The lowest BCUT2D eigenvalue weighted by Crippen LogP contribution is -2.22. The van der Waals surface area contributed by atoms with E-state index in [1.807, 2.05) is 44.2 Å².